The number of fused-ring (bicyclic) bond motifs is 1. The summed E-state index contributed by atoms with van der Waals surface area (Å²) in [7, 11) is -3.62. The number of sulfonamides is 1. The lowest BCUT2D eigenvalue weighted by Crippen LogP contribution is -2.39. The molecule has 206 valence electrons. The molecule has 1 fully saturated rings. The second-order valence-electron chi connectivity index (χ2n) is 9.30. The molecular formula is C27H35ClN4O4S2. The molecule has 0 radical (unpaired) electrons. The number of benzene rings is 2. The minimum Gasteiger partial charge on any atom is -0.379 e. The van der Waals surface area contributed by atoms with Crippen molar-refractivity contribution in [3.63, 3.8) is 0 Å². The van der Waals surface area contributed by atoms with Gasteiger partial charge < -0.3 is 4.74 Å². The number of hydrogen-bond acceptors (Lipinski definition) is 7. The average Bonchev–Trinajstić information content (AvgIpc) is 3.34. The zero-order valence-corrected chi connectivity index (χ0v) is 24.3. The number of rotatable bonds is 12. The molecule has 8 nitrogen and oxygen atoms in total. The van der Waals surface area contributed by atoms with Crippen LogP contribution >= 0.6 is 22.9 Å². The number of nitrogens with zero attached hydrogens (tertiary/aromatic N) is 4. The SMILES string of the molecule is CCCN(CCC)S(=O)(=O)c1ccc(C(=O)N(CCCN2CCOCC2)c2nc3ccc(Cl)cc3s2)cc1. The molecule has 0 saturated carbocycles. The summed E-state index contributed by atoms with van der Waals surface area (Å²) >= 11 is 7.60. The molecule has 11 heteroatoms. The van der Waals surface area contributed by atoms with E-state index in [4.69, 9.17) is 21.3 Å². The second kappa shape index (κ2) is 13.3. The van der Waals surface area contributed by atoms with Crippen molar-refractivity contribution in [3.8, 4) is 0 Å². The normalized spacial score (nSPS) is 14.8. The fraction of sp³-hybridized carbons (Fsp3) is 0.481. The molecule has 4 rings (SSSR count). The molecule has 0 spiro atoms. The van der Waals surface area contributed by atoms with E-state index < -0.39 is 10.0 Å². The molecule has 0 bridgehead atoms. The maximum atomic E-state index is 13.7. The first-order chi connectivity index (χ1) is 18.3. The van der Waals surface area contributed by atoms with Crippen LogP contribution in [0.4, 0.5) is 5.13 Å². The molecule has 0 unspecified atom stereocenters. The van der Waals surface area contributed by atoms with E-state index in [0.29, 0.717) is 35.4 Å². The van der Waals surface area contributed by atoms with E-state index in [1.54, 1.807) is 23.1 Å². The summed E-state index contributed by atoms with van der Waals surface area (Å²) in [5.74, 6) is -0.208. The minimum atomic E-state index is -3.62. The molecule has 1 amide bonds. The highest BCUT2D eigenvalue weighted by atomic mass is 35.5. The molecule has 3 aromatic rings. The van der Waals surface area contributed by atoms with E-state index in [0.717, 1.165) is 62.3 Å². The Morgan fingerprint density at radius 1 is 1.05 bits per heavy atom. The highest BCUT2D eigenvalue weighted by Gasteiger charge is 2.25. The van der Waals surface area contributed by atoms with Gasteiger partial charge in [0.05, 0.1) is 28.3 Å². The Bertz CT molecular complexity index is 1320. The quantitative estimate of drug-likeness (QED) is 0.296. The van der Waals surface area contributed by atoms with Crippen molar-refractivity contribution in [2.75, 3.05) is 57.4 Å². The van der Waals surface area contributed by atoms with Gasteiger partial charge in [0.2, 0.25) is 10.0 Å². The third-order valence-electron chi connectivity index (χ3n) is 6.46. The van der Waals surface area contributed by atoms with Gasteiger partial charge in [0.1, 0.15) is 0 Å². The van der Waals surface area contributed by atoms with Gasteiger partial charge in [-0.1, -0.05) is 36.8 Å². The zero-order valence-electron chi connectivity index (χ0n) is 21.9. The minimum absolute atomic E-state index is 0.199. The first-order valence-electron chi connectivity index (χ1n) is 13.1. The molecule has 1 aromatic heterocycles. The Kier molecular flexibility index (Phi) is 10.1. The summed E-state index contributed by atoms with van der Waals surface area (Å²) in [6, 6.07) is 11.8. The van der Waals surface area contributed by atoms with Gasteiger partial charge in [-0.2, -0.15) is 4.31 Å². The van der Waals surface area contributed by atoms with Crippen LogP contribution in [0.15, 0.2) is 47.4 Å². The van der Waals surface area contributed by atoms with Crippen LogP contribution in [0, 0.1) is 0 Å². The highest BCUT2D eigenvalue weighted by molar-refractivity contribution is 7.89. The Morgan fingerprint density at radius 2 is 1.74 bits per heavy atom. The summed E-state index contributed by atoms with van der Waals surface area (Å²) in [5, 5.41) is 1.22. The number of amides is 1. The van der Waals surface area contributed by atoms with Crippen molar-refractivity contribution in [3.05, 3.63) is 53.1 Å². The van der Waals surface area contributed by atoms with Crippen LogP contribution < -0.4 is 4.90 Å². The summed E-state index contributed by atoms with van der Waals surface area (Å²) in [4.78, 5) is 22.7. The number of morpholine rings is 1. The van der Waals surface area contributed by atoms with Gasteiger partial charge in [-0.05, 0) is 61.7 Å². The van der Waals surface area contributed by atoms with Crippen LogP contribution in [0.5, 0.6) is 0 Å². The molecular weight excluding hydrogens is 544 g/mol. The van der Waals surface area contributed by atoms with E-state index >= 15 is 0 Å². The number of thiazole rings is 1. The molecule has 1 saturated heterocycles. The molecule has 1 aliphatic heterocycles. The van der Waals surface area contributed by atoms with E-state index in [1.165, 1.54) is 27.8 Å². The molecule has 0 aliphatic carbocycles. The predicted molar refractivity (Wildman–Crippen MR) is 154 cm³/mol. The highest BCUT2D eigenvalue weighted by Crippen LogP contribution is 2.32. The lowest BCUT2D eigenvalue weighted by molar-refractivity contribution is 0.0376. The lowest BCUT2D eigenvalue weighted by atomic mass is 10.2. The van der Waals surface area contributed by atoms with Crippen LogP contribution in [0.2, 0.25) is 5.02 Å². The first-order valence-corrected chi connectivity index (χ1v) is 15.7. The number of carbonyl (C=O) groups is 1. The monoisotopic (exact) mass is 578 g/mol. The van der Waals surface area contributed by atoms with Crippen molar-refractivity contribution in [1.29, 1.82) is 0 Å². The number of anilines is 1. The van der Waals surface area contributed by atoms with Crippen LogP contribution in [0.25, 0.3) is 10.2 Å². The van der Waals surface area contributed by atoms with Crippen molar-refractivity contribution < 1.29 is 17.9 Å². The van der Waals surface area contributed by atoms with Crippen LogP contribution in [0.1, 0.15) is 43.5 Å². The molecule has 1 aliphatic rings. The maximum Gasteiger partial charge on any atom is 0.260 e. The number of hydrogen-bond donors (Lipinski definition) is 0. The van der Waals surface area contributed by atoms with Gasteiger partial charge in [0.25, 0.3) is 5.91 Å². The fourth-order valence-electron chi connectivity index (χ4n) is 4.49. The van der Waals surface area contributed by atoms with E-state index in [1.807, 2.05) is 26.0 Å². The van der Waals surface area contributed by atoms with Crippen molar-refractivity contribution >= 4 is 54.2 Å². The van der Waals surface area contributed by atoms with Crippen molar-refractivity contribution in [2.24, 2.45) is 0 Å². The van der Waals surface area contributed by atoms with E-state index in [2.05, 4.69) is 4.90 Å². The molecule has 38 heavy (non-hydrogen) atoms. The van der Waals surface area contributed by atoms with Crippen LogP contribution in [0.3, 0.4) is 0 Å². The van der Waals surface area contributed by atoms with Gasteiger partial charge >= 0.3 is 0 Å². The topological polar surface area (TPSA) is 83.1 Å². The number of halogens is 1. The fourth-order valence-corrected chi connectivity index (χ4v) is 7.38. The van der Waals surface area contributed by atoms with Gasteiger partial charge in [0, 0.05) is 49.9 Å². The third-order valence-corrected chi connectivity index (χ3v) is 9.65. The number of ether oxygens (including phenoxy) is 1. The summed E-state index contributed by atoms with van der Waals surface area (Å²) in [5.41, 5.74) is 1.21. The largest absolute Gasteiger partial charge is 0.379 e. The Hall–Kier alpha value is -2.08. The van der Waals surface area contributed by atoms with Gasteiger partial charge in [-0.25, -0.2) is 13.4 Å². The smallest absolute Gasteiger partial charge is 0.260 e. The molecule has 0 atom stereocenters. The Labute approximate surface area is 234 Å². The van der Waals surface area contributed by atoms with Crippen LogP contribution in [-0.2, 0) is 14.8 Å². The molecule has 2 aromatic carbocycles. The molecule has 0 N–H and O–H groups in total. The summed E-state index contributed by atoms with van der Waals surface area (Å²) in [6.07, 6.45) is 2.25. The number of aromatic nitrogens is 1. The Balaban J connectivity index is 1.57. The maximum absolute atomic E-state index is 13.7. The summed E-state index contributed by atoms with van der Waals surface area (Å²) in [6.45, 7) is 9.43. The second-order valence-corrected chi connectivity index (χ2v) is 12.7. The Morgan fingerprint density at radius 3 is 2.39 bits per heavy atom. The number of carbonyl (C=O) groups excluding carboxylic acids is 1. The van der Waals surface area contributed by atoms with Gasteiger partial charge in [-0.3, -0.25) is 14.6 Å². The predicted octanol–water partition coefficient (Wildman–Crippen LogP) is 5.13. The standard InChI is InChI=1S/C27H35ClN4O4S2/c1-3-12-31(13-4-2)38(34,35)23-9-6-21(7-10-23)26(33)32(15-5-14-30-16-18-36-19-17-30)27-29-24-11-8-22(28)20-25(24)37-27/h6-11,20H,3-5,12-19H2,1-2H3. The van der Waals surface area contributed by atoms with E-state index in [9.17, 15) is 13.2 Å². The van der Waals surface area contributed by atoms with Gasteiger partial charge in [-0.15, -0.1) is 0 Å². The van der Waals surface area contributed by atoms with Gasteiger partial charge in [0.15, 0.2) is 5.13 Å². The third kappa shape index (κ3) is 6.91. The zero-order chi connectivity index (χ0) is 27.1. The van der Waals surface area contributed by atoms with Crippen molar-refractivity contribution in [2.45, 2.75) is 38.0 Å². The summed E-state index contributed by atoms with van der Waals surface area (Å²) < 4.78 is 34.2. The molecule has 2 heterocycles. The van der Waals surface area contributed by atoms with Crippen molar-refractivity contribution in [1.82, 2.24) is 14.2 Å². The van der Waals surface area contributed by atoms with E-state index in [-0.39, 0.29) is 10.8 Å². The van der Waals surface area contributed by atoms with Crippen LogP contribution in [-0.4, -0.2) is 81.0 Å². The lowest BCUT2D eigenvalue weighted by Gasteiger charge is -2.27. The first kappa shape index (κ1) is 28.9. The average molecular weight is 579 g/mol.